The Labute approximate surface area is 175 Å². The lowest BCUT2D eigenvalue weighted by Crippen LogP contribution is -2.42. The first-order chi connectivity index (χ1) is 14.5. The number of hydrogen-bond donors (Lipinski definition) is 0. The molecule has 0 N–H and O–H groups in total. The highest BCUT2D eigenvalue weighted by Gasteiger charge is 2.33. The number of rotatable bonds is 8. The van der Waals surface area contributed by atoms with Gasteiger partial charge in [0, 0.05) is 19.0 Å². The van der Waals surface area contributed by atoms with Gasteiger partial charge in [0.25, 0.3) is 5.91 Å². The van der Waals surface area contributed by atoms with Crippen LogP contribution >= 0.6 is 0 Å². The summed E-state index contributed by atoms with van der Waals surface area (Å²) in [6.07, 6.45) is -0.487. The van der Waals surface area contributed by atoms with E-state index in [1.54, 1.807) is 32.4 Å². The SMILES string of the molecule is COC(=O)CN(Cc1cc(OC)cc(OC)c1)C(=O)[C@H]1CC(c2ccccc2)=NO1. The standard InChI is InChI=1S/C22H24N2O6/c1-27-17-9-15(10-18(11-17)28-2)13-24(14-21(25)29-3)22(26)20-12-19(23-30-20)16-7-5-4-6-8-16/h4-11,20H,12-14H2,1-3H3/t20-/m1/s1. The van der Waals surface area contributed by atoms with Gasteiger partial charge in [-0.3, -0.25) is 9.59 Å². The van der Waals surface area contributed by atoms with Crippen LogP contribution in [-0.2, 0) is 25.7 Å². The Morgan fingerprint density at radius 2 is 1.73 bits per heavy atom. The van der Waals surface area contributed by atoms with Crippen molar-refractivity contribution in [3.8, 4) is 11.5 Å². The van der Waals surface area contributed by atoms with Gasteiger partial charge in [-0.2, -0.15) is 0 Å². The number of nitrogens with zero attached hydrogens (tertiary/aromatic N) is 2. The van der Waals surface area contributed by atoms with Crippen LogP contribution < -0.4 is 9.47 Å². The normalized spacial score (nSPS) is 15.0. The van der Waals surface area contributed by atoms with Crippen molar-refractivity contribution in [2.75, 3.05) is 27.9 Å². The molecule has 0 saturated heterocycles. The summed E-state index contributed by atoms with van der Waals surface area (Å²) in [6.45, 7) is -0.0581. The van der Waals surface area contributed by atoms with Crippen LogP contribution in [0.3, 0.4) is 0 Å². The minimum Gasteiger partial charge on any atom is -0.497 e. The van der Waals surface area contributed by atoms with E-state index in [4.69, 9.17) is 19.0 Å². The second-order valence-electron chi connectivity index (χ2n) is 6.69. The maximum absolute atomic E-state index is 13.1. The van der Waals surface area contributed by atoms with E-state index in [9.17, 15) is 9.59 Å². The molecule has 3 rings (SSSR count). The molecule has 0 fully saturated rings. The van der Waals surface area contributed by atoms with Crippen LogP contribution in [0.2, 0.25) is 0 Å². The smallest absolute Gasteiger partial charge is 0.325 e. The van der Waals surface area contributed by atoms with Crippen LogP contribution in [0.25, 0.3) is 0 Å². The Bertz CT molecular complexity index is 906. The summed E-state index contributed by atoms with van der Waals surface area (Å²) in [5, 5.41) is 4.06. The van der Waals surface area contributed by atoms with Gasteiger partial charge in [0.05, 0.1) is 27.0 Å². The van der Waals surface area contributed by atoms with Crippen molar-refractivity contribution < 1.29 is 28.6 Å². The molecule has 158 valence electrons. The van der Waals surface area contributed by atoms with Gasteiger partial charge in [-0.05, 0) is 23.3 Å². The lowest BCUT2D eigenvalue weighted by Gasteiger charge is -2.24. The molecule has 1 aliphatic heterocycles. The molecule has 8 nitrogen and oxygen atoms in total. The van der Waals surface area contributed by atoms with Crippen molar-refractivity contribution >= 4 is 17.6 Å². The highest BCUT2D eigenvalue weighted by molar-refractivity contribution is 6.04. The molecule has 1 amide bonds. The molecule has 30 heavy (non-hydrogen) atoms. The number of ether oxygens (including phenoxy) is 3. The Morgan fingerprint density at radius 1 is 1.07 bits per heavy atom. The molecule has 0 aromatic heterocycles. The molecule has 0 radical (unpaired) electrons. The van der Waals surface area contributed by atoms with Crippen LogP contribution in [0, 0.1) is 0 Å². The Morgan fingerprint density at radius 3 is 2.33 bits per heavy atom. The molecule has 2 aromatic carbocycles. The third-order valence-corrected chi connectivity index (χ3v) is 4.70. The molecule has 1 heterocycles. The number of carbonyl (C=O) groups is 2. The van der Waals surface area contributed by atoms with E-state index < -0.39 is 12.1 Å². The number of hydrogen-bond acceptors (Lipinski definition) is 7. The maximum Gasteiger partial charge on any atom is 0.325 e. The fourth-order valence-corrected chi connectivity index (χ4v) is 3.12. The molecule has 0 saturated carbocycles. The van der Waals surface area contributed by atoms with Crippen molar-refractivity contribution in [3.05, 3.63) is 59.7 Å². The molecule has 2 aromatic rings. The van der Waals surface area contributed by atoms with Gasteiger partial charge >= 0.3 is 5.97 Å². The van der Waals surface area contributed by atoms with E-state index >= 15 is 0 Å². The molecule has 1 atom stereocenters. The van der Waals surface area contributed by atoms with E-state index in [1.807, 2.05) is 30.3 Å². The van der Waals surface area contributed by atoms with E-state index in [0.717, 1.165) is 11.1 Å². The maximum atomic E-state index is 13.1. The van der Waals surface area contributed by atoms with Gasteiger partial charge in [0.1, 0.15) is 18.0 Å². The van der Waals surface area contributed by atoms with E-state index in [1.165, 1.54) is 12.0 Å². The fraction of sp³-hybridized carbons (Fsp3) is 0.318. The first kappa shape index (κ1) is 21.2. The van der Waals surface area contributed by atoms with Gasteiger partial charge < -0.3 is 23.9 Å². The van der Waals surface area contributed by atoms with Crippen molar-refractivity contribution in [2.24, 2.45) is 5.16 Å². The zero-order chi connectivity index (χ0) is 21.5. The fourth-order valence-electron chi connectivity index (χ4n) is 3.12. The third-order valence-electron chi connectivity index (χ3n) is 4.70. The molecule has 8 heteroatoms. The molecule has 1 aliphatic rings. The zero-order valence-corrected chi connectivity index (χ0v) is 17.2. The quantitative estimate of drug-likeness (QED) is 0.619. The number of benzene rings is 2. The monoisotopic (exact) mass is 412 g/mol. The summed E-state index contributed by atoms with van der Waals surface area (Å²) in [7, 11) is 4.37. The first-order valence-electron chi connectivity index (χ1n) is 9.39. The summed E-state index contributed by atoms with van der Waals surface area (Å²) in [5.41, 5.74) is 2.32. The average Bonchev–Trinajstić information content (AvgIpc) is 3.28. The lowest BCUT2D eigenvalue weighted by molar-refractivity contribution is -0.152. The summed E-state index contributed by atoms with van der Waals surface area (Å²) in [4.78, 5) is 31.9. The van der Waals surface area contributed by atoms with Gasteiger partial charge in [-0.1, -0.05) is 35.5 Å². The highest BCUT2D eigenvalue weighted by Crippen LogP contribution is 2.25. The van der Waals surface area contributed by atoms with Crippen molar-refractivity contribution in [3.63, 3.8) is 0 Å². The third kappa shape index (κ3) is 5.08. The largest absolute Gasteiger partial charge is 0.497 e. The predicted molar refractivity (Wildman–Crippen MR) is 109 cm³/mol. The molecule has 0 unspecified atom stereocenters. The average molecular weight is 412 g/mol. The predicted octanol–water partition coefficient (Wildman–Crippen LogP) is 2.40. The second kappa shape index (κ2) is 9.78. The molecule has 0 aliphatic carbocycles. The summed E-state index contributed by atoms with van der Waals surface area (Å²) in [6, 6.07) is 14.8. The van der Waals surface area contributed by atoms with Crippen LogP contribution in [0.4, 0.5) is 0 Å². The Balaban J connectivity index is 1.77. The number of carbonyl (C=O) groups excluding carboxylic acids is 2. The number of amides is 1. The number of esters is 1. The van der Waals surface area contributed by atoms with E-state index in [0.29, 0.717) is 23.6 Å². The topological polar surface area (TPSA) is 86.7 Å². The van der Waals surface area contributed by atoms with Crippen molar-refractivity contribution in [1.82, 2.24) is 4.90 Å². The lowest BCUT2D eigenvalue weighted by atomic mass is 10.0. The first-order valence-corrected chi connectivity index (χ1v) is 9.39. The van der Waals surface area contributed by atoms with Gasteiger partial charge in [-0.25, -0.2) is 0 Å². The van der Waals surface area contributed by atoms with E-state index in [-0.39, 0.29) is 19.0 Å². The van der Waals surface area contributed by atoms with Crippen molar-refractivity contribution in [1.29, 1.82) is 0 Å². The minimum atomic E-state index is -0.808. The van der Waals surface area contributed by atoms with Crippen LogP contribution in [0.1, 0.15) is 17.5 Å². The van der Waals surface area contributed by atoms with Gasteiger partial charge in [0.2, 0.25) is 6.10 Å². The Kier molecular flexibility index (Phi) is 6.90. The number of methoxy groups -OCH3 is 3. The summed E-state index contributed by atoms with van der Waals surface area (Å²) in [5.74, 6) is 0.292. The summed E-state index contributed by atoms with van der Waals surface area (Å²) >= 11 is 0. The van der Waals surface area contributed by atoms with Crippen LogP contribution in [-0.4, -0.2) is 56.5 Å². The Hall–Kier alpha value is -3.55. The van der Waals surface area contributed by atoms with Crippen LogP contribution in [0.5, 0.6) is 11.5 Å². The molecule has 0 spiro atoms. The molecular formula is C22H24N2O6. The van der Waals surface area contributed by atoms with Crippen LogP contribution in [0.15, 0.2) is 53.7 Å². The minimum absolute atomic E-state index is 0.155. The summed E-state index contributed by atoms with van der Waals surface area (Å²) < 4.78 is 15.3. The second-order valence-corrected chi connectivity index (χ2v) is 6.69. The zero-order valence-electron chi connectivity index (χ0n) is 17.2. The molecular weight excluding hydrogens is 388 g/mol. The van der Waals surface area contributed by atoms with Crippen molar-refractivity contribution in [2.45, 2.75) is 19.1 Å². The number of oxime groups is 1. The van der Waals surface area contributed by atoms with Gasteiger partial charge in [0.15, 0.2) is 0 Å². The van der Waals surface area contributed by atoms with Gasteiger partial charge in [-0.15, -0.1) is 0 Å². The highest BCUT2D eigenvalue weighted by atomic mass is 16.6. The molecule has 0 bridgehead atoms. The van der Waals surface area contributed by atoms with E-state index in [2.05, 4.69) is 5.16 Å².